The van der Waals surface area contributed by atoms with Crippen molar-refractivity contribution in [3.05, 3.63) is 188 Å². The predicted octanol–water partition coefficient (Wildman–Crippen LogP) is 12.8. The molecule has 0 N–H and O–H groups in total. The van der Waals surface area contributed by atoms with Crippen molar-refractivity contribution in [3.8, 4) is 56.4 Å². The lowest BCUT2D eigenvalue weighted by molar-refractivity contribution is 1.08. The summed E-state index contributed by atoms with van der Waals surface area (Å²) in [5.41, 5.74) is 1.77. The van der Waals surface area contributed by atoms with E-state index in [2.05, 4.69) is 0 Å². The van der Waals surface area contributed by atoms with Gasteiger partial charge in [-0.2, -0.15) is 0 Å². The monoisotopic (exact) mass is 674 g/mol. The van der Waals surface area contributed by atoms with Gasteiger partial charge in [-0.1, -0.05) is 182 Å². The van der Waals surface area contributed by atoms with Crippen LogP contribution in [0.3, 0.4) is 0 Å². The number of fused-ring (bicyclic) bond motifs is 5. The average molecular weight is 675 g/mol. The second kappa shape index (κ2) is 12.4. The Morgan fingerprint density at radius 1 is 0.327 bits per heavy atom. The molecule has 3 heteroatoms. The number of aromatic nitrogens is 3. The Balaban J connectivity index is 1.30. The minimum Gasteiger partial charge on any atom is -0.208 e. The van der Waals surface area contributed by atoms with Crippen LogP contribution in [0.15, 0.2) is 188 Å². The number of hydrogen-bond donors (Lipinski definition) is 0. The molecule has 10 aromatic rings. The van der Waals surface area contributed by atoms with Gasteiger partial charge in [0, 0.05) is 22.1 Å². The normalized spacial score (nSPS) is 15.0. The van der Waals surface area contributed by atoms with Crippen molar-refractivity contribution in [2.24, 2.45) is 0 Å². The third-order valence-corrected chi connectivity index (χ3v) is 9.15. The van der Waals surface area contributed by atoms with Gasteiger partial charge in [-0.25, -0.2) is 15.0 Å². The molecule has 0 saturated carbocycles. The molecule has 1 aromatic heterocycles. The number of rotatable bonds is 5. The van der Waals surface area contributed by atoms with E-state index in [1.165, 1.54) is 0 Å². The van der Waals surface area contributed by atoms with E-state index in [1.807, 2.05) is 54.6 Å². The molecule has 0 spiro atoms. The summed E-state index contributed by atoms with van der Waals surface area (Å²) in [7, 11) is 0. The molecule has 0 aliphatic rings. The number of nitrogens with zero attached hydrogens (tertiary/aromatic N) is 3. The van der Waals surface area contributed by atoms with Gasteiger partial charge in [0.15, 0.2) is 17.5 Å². The first kappa shape index (κ1) is 19.4. The SMILES string of the molecule is [2H]c1c([2H])c([2H])c2c(-c3nc(-c4cccc(-c5c([2H])c([2H])c(-c6ccccc6)c6c([2H])c([2H])c([2H])c([2H])c56)c4)nc(-c4cccc5ccc6ccccc6c45)n3)c([2H])c([2H])c([2H])c2c1[2H]. The molecule has 10 rings (SSSR count). The summed E-state index contributed by atoms with van der Waals surface area (Å²) in [5.74, 6) is -0.0695. The van der Waals surface area contributed by atoms with Crippen LogP contribution in [0.1, 0.15) is 17.8 Å². The van der Waals surface area contributed by atoms with E-state index in [4.69, 9.17) is 28.7 Å². The zero-order valence-electron chi connectivity index (χ0n) is 40.2. The Bertz CT molecular complexity index is 3700. The quantitative estimate of drug-likeness (QED) is 0.171. The third-order valence-electron chi connectivity index (χ3n) is 9.15. The van der Waals surface area contributed by atoms with Gasteiger partial charge in [0.05, 0.1) is 17.8 Å². The standard InChI is InChI=1S/C49H31N3/c1-2-13-32(14-3-1)39-29-30-40(43-24-9-8-23-42(39)43)36-19-10-20-37(31-36)47-50-48(44-25-11-17-33-15-4-6-21-38(33)44)52-49(51-47)45-26-12-18-35-28-27-34-16-5-7-22-41(34)46(35)45/h1-31H/i4D,6D,8D,9D,11D,15D,17D,21D,23D,24D,25D,29D,30D. The second-order valence-corrected chi connectivity index (χ2v) is 12.2. The second-order valence-electron chi connectivity index (χ2n) is 12.2. The highest BCUT2D eigenvalue weighted by molar-refractivity contribution is 6.14. The van der Waals surface area contributed by atoms with E-state index in [1.54, 1.807) is 54.6 Å². The Labute approximate surface area is 319 Å². The molecule has 1 heterocycles. The van der Waals surface area contributed by atoms with Gasteiger partial charge in [-0.05, 0) is 66.0 Å². The molecule has 3 nitrogen and oxygen atoms in total. The molecule has 0 unspecified atom stereocenters. The van der Waals surface area contributed by atoms with E-state index < -0.39 is 54.4 Å². The van der Waals surface area contributed by atoms with Crippen LogP contribution in [0.5, 0.6) is 0 Å². The molecule has 0 atom stereocenters. The first-order valence-electron chi connectivity index (χ1n) is 23.1. The Morgan fingerprint density at radius 2 is 0.923 bits per heavy atom. The van der Waals surface area contributed by atoms with Crippen molar-refractivity contribution < 1.29 is 17.8 Å². The molecule has 0 aliphatic carbocycles. The summed E-state index contributed by atoms with van der Waals surface area (Å²) in [4.78, 5) is 14.8. The van der Waals surface area contributed by atoms with Crippen LogP contribution in [-0.4, -0.2) is 15.0 Å². The molecule has 0 aliphatic heterocycles. The maximum atomic E-state index is 9.42. The van der Waals surface area contributed by atoms with E-state index >= 15 is 0 Å². The van der Waals surface area contributed by atoms with Crippen LogP contribution < -0.4 is 0 Å². The van der Waals surface area contributed by atoms with Crippen molar-refractivity contribution in [2.75, 3.05) is 0 Å². The fraction of sp³-hybridized carbons (Fsp3) is 0. The van der Waals surface area contributed by atoms with Crippen molar-refractivity contribution >= 4 is 43.1 Å². The number of benzene rings is 9. The van der Waals surface area contributed by atoms with E-state index in [0.29, 0.717) is 22.3 Å². The Kier molecular flexibility index (Phi) is 4.64. The van der Waals surface area contributed by atoms with Gasteiger partial charge in [-0.15, -0.1) is 0 Å². The number of hydrogen-bond acceptors (Lipinski definition) is 3. The van der Waals surface area contributed by atoms with E-state index in [0.717, 1.165) is 21.5 Å². The van der Waals surface area contributed by atoms with Gasteiger partial charge in [0.1, 0.15) is 0 Å². The molecular formula is C49H31N3. The molecule has 0 radical (unpaired) electrons. The highest BCUT2D eigenvalue weighted by atomic mass is 15.0. The molecule has 0 saturated heterocycles. The van der Waals surface area contributed by atoms with Crippen molar-refractivity contribution in [1.82, 2.24) is 15.0 Å². The summed E-state index contributed by atoms with van der Waals surface area (Å²) in [6.07, 6.45) is 0. The van der Waals surface area contributed by atoms with Gasteiger partial charge >= 0.3 is 0 Å². The molecule has 0 bridgehead atoms. The summed E-state index contributed by atoms with van der Waals surface area (Å²) in [6.45, 7) is 0. The maximum absolute atomic E-state index is 9.42. The molecule has 242 valence electrons. The lowest BCUT2D eigenvalue weighted by Gasteiger charge is -2.14. The van der Waals surface area contributed by atoms with Gasteiger partial charge in [0.2, 0.25) is 0 Å². The molecule has 0 fully saturated rings. The highest BCUT2D eigenvalue weighted by Crippen LogP contribution is 2.38. The van der Waals surface area contributed by atoms with E-state index in [9.17, 15) is 4.11 Å². The lowest BCUT2D eigenvalue weighted by atomic mass is 9.91. The van der Waals surface area contributed by atoms with Gasteiger partial charge < -0.3 is 0 Å². The Morgan fingerprint density at radius 3 is 1.77 bits per heavy atom. The largest absolute Gasteiger partial charge is 0.208 e. The molecule has 52 heavy (non-hydrogen) atoms. The first-order chi connectivity index (χ1) is 31.2. The van der Waals surface area contributed by atoms with Gasteiger partial charge in [0.25, 0.3) is 0 Å². The van der Waals surface area contributed by atoms with Crippen molar-refractivity contribution in [2.45, 2.75) is 0 Å². The topological polar surface area (TPSA) is 38.7 Å². The van der Waals surface area contributed by atoms with Crippen LogP contribution in [-0.2, 0) is 0 Å². The minimum absolute atomic E-state index is 0.0173. The van der Waals surface area contributed by atoms with Crippen LogP contribution >= 0.6 is 0 Å². The first-order valence-corrected chi connectivity index (χ1v) is 16.6. The van der Waals surface area contributed by atoms with Crippen LogP contribution in [0, 0.1) is 0 Å². The fourth-order valence-electron chi connectivity index (χ4n) is 6.75. The summed E-state index contributed by atoms with van der Waals surface area (Å²) >= 11 is 0. The van der Waals surface area contributed by atoms with E-state index in [-0.39, 0.29) is 79.9 Å². The minimum atomic E-state index is -0.605. The van der Waals surface area contributed by atoms with Crippen molar-refractivity contribution in [3.63, 3.8) is 0 Å². The highest BCUT2D eigenvalue weighted by Gasteiger charge is 2.18. The lowest BCUT2D eigenvalue weighted by Crippen LogP contribution is -2.01. The molecule has 0 amide bonds. The van der Waals surface area contributed by atoms with Gasteiger partial charge in [-0.3, -0.25) is 0 Å². The average Bonchev–Trinajstić information content (AvgIpc) is 3.33. The summed E-state index contributed by atoms with van der Waals surface area (Å²) in [6, 6.07) is 26.5. The Hall–Kier alpha value is -6.97. The van der Waals surface area contributed by atoms with Crippen molar-refractivity contribution in [1.29, 1.82) is 0 Å². The van der Waals surface area contributed by atoms with Crippen LogP contribution in [0.4, 0.5) is 0 Å². The third kappa shape index (κ3) is 5.10. The zero-order valence-corrected chi connectivity index (χ0v) is 27.2. The maximum Gasteiger partial charge on any atom is 0.164 e. The fourth-order valence-corrected chi connectivity index (χ4v) is 6.75. The molecular weight excluding hydrogens is 631 g/mol. The zero-order chi connectivity index (χ0) is 45.7. The predicted molar refractivity (Wildman–Crippen MR) is 217 cm³/mol. The summed E-state index contributed by atoms with van der Waals surface area (Å²) < 4.78 is 116. The summed E-state index contributed by atoms with van der Waals surface area (Å²) in [5, 5.41) is 3.15. The van der Waals surface area contributed by atoms with Crippen LogP contribution in [0.25, 0.3) is 99.5 Å². The molecule has 9 aromatic carbocycles. The smallest absolute Gasteiger partial charge is 0.164 e. The van der Waals surface area contributed by atoms with Crippen LogP contribution in [0.2, 0.25) is 0 Å².